The van der Waals surface area contributed by atoms with Gasteiger partial charge in [-0.2, -0.15) is 0 Å². The number of rotatable bonds is 4. The summed E-state index contributed by atoms with van der Waals surface area (Å²) >= 11 is 0. The quantitative estimate of drug-likeness (QED) is 0.787. The van der Waals surface area contributed by atoms with E-state index in [4.69, 9.17) is 10.5 Å². The van der Waals surface area contributed by atoms with Gasteiger partial charge in [-0.3, -0.25) is 4.90 Å². The van der Waals surface area contributed by atoms with Crippen molar-refractivity contribution in [2.24, 2.45) is 11.7 Å². The van der Waals surface area contributed by atoms with Crippen molar-refractivity contribution in [1.29, 1.82) is 0 Å². The van der Waals surface area contributed by atoms with Crippen LogP contribution in [-0.4, -0.2) is 54.0 Å². The number of hydrogen-bond donors (Lipinski definition) is 2. The molecule has 0 aromatic rings. The van der Waals surface area contributed by atoms with Crippen molar-refractivity contribution in [1.82, 2.24) is 4.90 Å². The first-order chi connectivity index (χ1) is 8.48. The maximum absolute atomic E-state index is 9.48. The molecule has 0 radical (unpaired) electrons. The molecule has 2 fully saturated rings. The Morgan fingerprint density at radius 1 is 1.44 bits per heavy atom. The lowest BCUT2D eigenvalue weighted by atomic mass is 9.86. The summed E-state index contributed by atoms with van der Waals surface area (Å²) in [6, 6.07) is 0. The van der Waals surface area contributed by atoms with E-state index < -0.39 is 0 Å². The van der Waals surface area contributed by atoms with E-state index in [1.54, 1.807) is 0 Å². The lowest BCUT2D eigenvalue weighted by Crippen LogP contribution is -2.54. The van der Waals surface area contributed by atoms with Crippen molar-refractivity contribution in [2.45, 2.75) is 50.6 Å². The summed E-state index contributed by atoms with van der Waals surface area (Å²) < 4.78 is 5.54. The average molecular weight is 256 g/mol. The minimum Gasteiger partial charge on any atom is -0.394 e. The zero-order chi connectivity index (χ0) is 13.2. The molecular weight excluding hydrogens is 228 g/mol. The average Bonchev–Trinajstić information content (AvgIpc) is 2.70. The van der Waals surface area contributed by atoms with Gasteiger partial charge in [-0.1, -0.05) is 6.42 Å². The molecule has 1 saturated heterocycles. The van der Waals surface area contributed by atoms with E-state index in [1.807, 2.05) is 0 Å². The van der Waals surface area contributed by atoms with Crippen LogP contribution in [0.3, 0.4) is 0 Å². The van der Waals surface area contributed by atoms with Gasteiger partial charge < -0.3 is 15.6 Å². The smallest absolute Gasteiger partial charge is 0.0645 e. The maximum Gasteiger partial charge on any atom is 0.0645 e. The highest BCUT2D eigenvalue weighted by Gasteiger charge is 2.39. The Balaban J connectivity index is 1.87. The molecule has 0 spiro atoms. The van der Waals surface area contributed by atoms with Gasteiger partial charge in [-0.25, -0.2) is 0 Å². The van der Waals surface area contributed by atoms with Gasteiger partial charge in [0.05, 0.1) is 19.8 Å². The number of ether oxygens (including phenoxy) is 1. The lowest BCUT2D eigenvalue weighted by molar-refractivity contribution is -0.0539. The van der Waals surface area contributed by atoms with Gasteiger partial charge in [-0.15, -0.1) is 0 Å². The predicted octanol–water partition coefficient (Wildman–Crippen LogP) is 0.977. The van der Waals surface area contributed by atoms with Crippen molar-refractivity contribution in [3.8, 4) is 0 Å². The molecule has 4 nitrogen and oxygen atoms in total. The van der Waals surface area contributed by atoms with Gasteiger partial charge in [0, 0.05) is 17.6 Å². The molecule has 18 heavy (non-hydrogen) atoms. The summed E-state index contributed by atoms with van der Waals surface area (Å²) in [4.78, 5) is 2.51. The fourth-order valence-electron chi connectivity index (χ4n) is 3.43. The summed E-state index contributed by atoms with van der Waals surface area (Å²) in [5.41, 5.74) is 6.10. The van der Waals surface area contributed by atoms with E-state index in [-0.39, 0.29) is 17.7 Å². The Hall–Kier alpha value is -0.160. The van der Waals surface area contributed by atoms with E-state index >= 15 is 0 Å². The van der Waals surface area contributed by atoms with Gasteiger partial charge in [0.15, 0.2) is 0 Å². The van der Waals surface area contributed by atoms with Crippen molar-refractivity contribution in [3.63, 3.8) is 0 Å². The highest BCUT2D eigenvalue weighted by atomic mass is 16.5. The van der Waals surface area contributed by atoms with Gasteiger partial charge in [0.2, 0.25) is 0 Å². The van der Waals surface area contributed by atoms with Crippen LogP contribution in [0.1, 0.15) is 39.5 Å². The Bertz CT molecular complexity index is 281. The molecule has 0 amide bonds. The van der Waals surface area contributed by atoms with Crippen LogP contribution >= 0.6 is 0 Å². The molecule has 2 unspecified atom stereocenters. The van der Waals surface area contributed by atoms with E-state index in [9.17, 15) is 5.11 Å². The van der Waals surface area contributed by atoms with E-state index in [1.165, 1.54) is 6.42 Å². The topological polar surface area (TPSA) is 58.7 Å². The fraction of sp³-hybridized carbons (Fsp3) is 1.00. The Kier molecular flexibility index (Phi) is 4.32. The van der Waals surface area contributed by atoms with Gasteiger partial charge in [0.1, 0.15) is 0 Å². The zero-order valence-electron chi connectivity index (χ0n) is 11.8. The summed E-state index contributed by atoms with van der Waals surface area (Å²) in [5, 5.41) is 9.48. The summed E-state index contributed by atoms with van der Waals surface area (Å²) in [7, 11) is 0. The fourth-order valence-corrected chi connectivity index (χ4v) is 3.43. The Morgan fingerprint density at radius 2 is 2.22 bits per heavy atom. The molecule has 0 bridgehead atoms. The zero-order valence-corrected chi connectivity index (χ0v) is 11.8. The lowest BCUT2D eigenvalue weighted by Gasteiger charge is -2.43. The highest BCUT2D eigenvalue weighted by molar-refractivity contribution is 4.97. The molecule has 3 N–H and O–H groups in total. The number of aliphatic hydroxyl groups is 1. The van der Waals surface area contributed by atoms with Crippen LogP contribution < -0.4 is 5.73 Å². The Morgan fingerprint density at radius 3 is 2.89 bits per heavy atom. The van der Waals surface area contributed by atoms with E-state index in [0.717, 1.165) is 45.6 Å². The van der Waals surface area contributed by atoms with Crippen LogP contribution in [0, 0.1) is 5.92 Å². The second kappa shape index (κ2) is 5.45. The molecule has 2 aliphatic rings. The molecule has 1 aliphatic carbocycles. The molecule has 106 valence electrons. The summed E-state index contributed by atoms with van der Waals surface area (Å²) in [6.07, 6.45) is 4.40. The third-order valence-corrected chi connectivity index (χ3v) is 4.87. The number of morpholine rings is 1. The van der Waals surface area contributed by atoms with Crippen molar-refractivity contribution in [3.05, 3.63) is 0 Å². The predicted molar refractivity (Wildman–Crippen MR) is 72.4 cm³/mol. The highest BCUT2D eigenvalue weighted by Crippen LogP contribution is 2.36. The molecule has 2 rings (SSSR count). The van der Waals surface area contributed by atoms with Crippen LogP contribution in [0.5, 0.6) is 0 Å². The van der Waals surface area contributed by atoms with Gasteiger partial charge in [0.25, 0.3) is 0 Å². The first-order valence-corrected chi connectivity index (χ1v) is 7.20. The molecule has 4 heteroatoms. The molecule has 1 heterocycles. The Labute approximate surface area is 110 Å². The van der Waals surface area contributed by atoms with Crippen LogP contribution in [0.4, 0.5) is 0 Å². The number of hydrogen-bond acceptors (Lipinski definition) is 4. The normalized spacial score (nSPS) is 37.0. The van der Waals surface area contributed by atoms with Crippen LogP contribution in [0.25, 0.3) is 0 Å². The number of nitrogens with two attached hydrogens (primary N) is 1. The second-order valence-electron chi connectivity index (χ2n) is 6.62. The molecule has 0 aromatic carbocycles. The molecule has 0 aromatic heterocycles. The van der Waals surface area contributed by atoms with Crippen molar-refractivity contribution >= 4 is 0 Å². The van der Waals surface area contributed by atoms with Crippen LogP contribution in [0.15, 0.2) is 0 Å². The largest absolute Gasteiger partial charge is 0.394 e. The first kappa shape index (κ1) is 14.3. The van der Waals surface area contributed by atoms with Gasteiger partial charge >= 0.3 is 0 Å². The first-order valence-electron chi connectivity index (χ1n) is 7.20. The molecule has 1 aliphatic heterocycles. The molecule has 1 saturated carbocycles. The minimum absolute atomic E-state index is 0.129. The van der Waals surface area contributed by atoms with Crippen LogP contribution in [-0.2, 0) is 4.74 Å². The molecule has 2 atom stereocenters. The number of aliphatic hydroxyl groups excluding tert-OH is 1. The van der Waals surface area contributed by atoms with Crippen molar-refractivity contribution in [2.75, 3.05) is 32.9 Å². The summed E-state index contributed by atoms with van der Waals surface area (Å²) in [5.74, 6) is 0.473. The van der Waals surface area contributed by atoms with Gasteiger partial charge in [-0.05, 0) is 45.6 Å². The summed E-state index contributed by atoms with van der Waals surface area (Å²) in [6.45, 7) is 8.33. The van der Waals surface area contributed by atoms with E-state index in [0.29, 0.717) is 5.92 Å². The van der Waals surface area contributed by atoms with Crippen LogP contribution in [0.2, 0.25) is 0 Å². The monoisotopic (exact) mass is 256 g/mol. The second-order valence-corrected chi connectivity index (χ2v) is 6.62. The third-order valence-electron chi connectivity index (χ3n) is 4.87. The minimum atomic E-state index is -0.323. The molecular formula is C14H28N2O2. The third kappa shape index (κ3) is 2.87. The standard InChI is InChI=1S/C14H28N2O2/c1-13(2)11-18-9-8-16(13)7-5-12-4-3-6-14(12,15)10-17/h12,17H,3-11,15H2,1-2H3. The SMILES string of the molecule is CC1(C)COCCN1CCC1CCCC1(N)CO. The van der Waals surface area contributed by atoms with Crippen molar-refractivity contribution < 1.29 is 9.84 Å². The number of nitrogens with zero attached hydrogens (tertiary/aromatic N) is 1. The van der Waals surface area contributed by atoms with E-state index in [2.05, 4.69) is 18.7 Å². The maximum atomic E-state index is 9.48.